The third-order valence-corrected chi connectivity index (χ3v) is 4.70. The Labute approximate surface area is 144 Å². The molecule has 0 aliphatic carbocycles. The Bertz CT molecular complexity index is 902. The molecule has 0 radical (unpaired) electrons. The molecule has 126 valence electrons. The van der Waals surface area contributed by atoms with Gasteiger partial charge in [0.15, 0.2) is 0 Å². The molecule has 2 amide bonds. The molecule has 6 nitrogen and oxygen atoms in total. The Hall–Kier alpha value is -3.15. The van der Waals surface area contributed by atoms with E-state index in [4.69, 9.17) is 0 Å². The summed E-state index contributed by atoms with van der Waals surface area (Å²) in [7, 11) is 1.76. The van der Waals surface area contributed by atoms with Crippen LogP contribution in [0.5, 0.6) is 0 Å². The van der Waals surface area contributed by atoms with Crippen LogP contribution in [-0.4, -0.2) is 39.8 Å². The number of likely N-dealkylation sites (N-methyl/N-ethyl adjacent to an activating group) is 1. The van der Waals surface area contributed by atoms with Crippen molar-refractivity contribution in [2.45, 2.75) is 18.5 Å². The van der Waals surface area contributed by atoms with Gasteiger partial charge in [-0.15, -0.1) is 0 Å². The van der Waals surface area contributed by atoms with Gasteiger partial charge in [0.2, 0.25) is 5.91 Å². The van der Waals surface area contributed by atoms with Crippen LogP contribution in [0.4, 0.5) is 0 Å². The number of nitrogens with zero attached hydrogens (tertiary/aromatic N) is 2. The lowest BCUT2D eigenvalue weighted by Gasteiger charge is -2.25. The first-order valence-corrected chi connectivity index (χ1v) is 8.17. The quantitative estimate of drug-likeness (QED) is 0.771. The van der Waals surface area contributed by atoms with E-state index in [0.717, 1.165) is 16.5 Å². The van der Waals surface area contributed by atoms with Crippen molar-refractivity contribution in [1.82, 2.24) is 20.2 Å². The first-order valence-electron chi connectivity index (χ1n) is 8.17. The highest BCUT2D eigenvalue weighted by molar-refractivity contribution is 5.98. The molecule has 2 atom stereocenters. The maximum Gasteiger partial charge on any atom is 0.268 e. The lowest BCUT2D eigenvalue weighted by atomic mass is 10.0. The smallest absolute Gasteiger partial charge is 0.268 e. The van der Waals surface area contributed by atoms with Crippen LogP contribution in [0, 0.1) is 0 Å². The molecule has 0 saturated carbocycles. The summed E-state index contributed by atoms with van der Waals surface area (Å²) in [5, 5.41) is 3.99. The fourth-order valence-electron chi connectivity index (χ4n) is 3.45. The van der Waals surface area contributed by atoms with Gasteiger partial charge >= 0.3 is 0 Å². The number of benzene rings is 1. The lowest BCUT2D eigenvalue weighted by Crippen LogP contribution is -2.39. The molecule has 25 heavy (non-hydrogen) atoms. The van der Waals surface area contributed by atoms with Crippen LogP contribution >= 0.6 is 0 Å². The molecule has 0 bridgehead atoms. The van der Waals surface area contributed by atoms with Crippen LogP contribution in [0.1, 0.15) is 28.5 Å². The number of nitrogens with one attached hydrogen (secondary N) is 2. The average Bonchev–Trinajstić information content (AvgIpc) is 3.17. The van der Waals surface area contributed by atoms with E-state index >= 15 is 0 Å². The molecule has 2 aromatic heterocycles. The molecule has 6 heteroatoms. The zero-order valence-corrected chi connectivity index (χ0v) is 13.8. The van der Waals surface area contributed by atoms with Gasteiger partial charge in [-0.2, -0.15) is 0 Å². The van der Waals surface area contributed by atoms with Gasteiger partial charge in [-0.05, 0) is 23.8 Å². The van der Waals surface area contributed by atoms with Crippen molar-refractivity contribution in [3.05, 3.63) is 66.1 Å². The summed E-state index contributed by atoms with van der Waals surface area (Å²) in [6.45, 7) is 0. The van der Waals surface area contributed by atoms with E-state index in [1.54, 1.807) is 24.3 Å². The summed E-state index contributed by atoms with van der Waals surface area (Å²) in [5.41, 5.74) is 2.32. The predicted molar refractivity (Wildman–Crippen MR) is 93.9 cm³/mol. The van der Waals surface area contributed by atoms with Crippen molar-refractivity contribution < 1.29 is 9.59 Å². The number of fused-ring (bicyclic) bond motifs is 1. The third kappa shape index (κ3) is 2.76. The number of aromatic amines is 1. The summed E-state index contributed by atoms with van der Waals surface area (Å²) < 4.78 is 0. The Morgan fingerprint density at radius 2 is 2.12 bits per heavy atom. The Morgan fingerprint density at radius 1 is 1.28 bits per heavy atom. The Kier molecular flexibility index (Phi) is 3.72. The first-order chi connectivity index (χ1) is 12.1. The summed E-state index contributed by atoms with van der Waals surface area (Å²) in [4.78, 5) is 33.8. The van der Waals surface area contributed by atoms with Crippen molar-refractivity contribution in [2.24, 2.45) is 0 Å². The summed E-state index contributed by atoms with van der Waals surface area (Å²) in [6, 6.07) is 12.8. The molecule has 1 aromatic carbocycles. The number of para-hydroxylation sites is 1. The van der Waals surface area contributed by atoms with Crippen molar-refractivity contribution in [2.75, 3.05) is 7.05 Å². The third-order valence-electron chi connectivity index (χ3n) is 4.70. The molecule has 1 aliphatic heterocycles. The van der Waals surface area contributed by atoms with Crippen LogP contribution in [0.2, 0.25) is 0 Å². The summed E-state index contributed by atoms with van der Waals surface area (Å²) in [6.07, 6.45) is 3.71. The van der Waals surface area contributed by atoms with Gasteiger partial charge in [-0.3, -0.25) is 14.6 Å². The molecular weight excluding hydrogens is 316 g/mol. The largest absolute Gasteiger partial charge is 0.351 e. The summed E-state index contributed by atoms with van der Waals surface area (Å²) in [5.74, 6) is -0.200. The standard InChI is InChI=1S/C19H18N4O2/c1-23-17(24)10-15(18(23)13-6-4-8-20-11-13)22-19(25)16-9-12-5-2-3-7-14(12)21-16/h2-9,11,15,18,21H,10H2,1H3,(H,22,25)/t15-,18+/m1/s1. The molecule has 1 aliphatic rings. The fraction of sp³-hybridized carbons (Fsp3) is 0.211. The highest BCUT2D eigenvalue weighted by atomic mass is 16.2. The normalized spacial score (nSPS) is 20.2. The number of likely N-dealkylation sites (tertiary alicyclic amines) is 1. The number of pyridine rings is 1. The van der Waals surface area contributed by atoms with Crippen LogP contribution in [0.25, 0.3) is 10.9 Å². The van der Waals surface area contributed by atoms with Gasteiger partial charge in [0, 0.05) is 36.8 Å². The zero-order chi connectivity index (χ0) is 17.4. The number of carbonyl (C=O) groups is 2. The first kappa shape index (κ1) is 15.4. The van der Waals surface area contributed by atoms with Gasteiger partial charge in [-0.25, -0.2) is 0 Å². The van der Waals surface area contributed by atoms with Gasteiger partial charge < -0.3 is 15.2 Å². The van der Waals surface area contributed by atoms with Crippen LogP contribution in [0.15, 0.2) is 54.9 Å². The minimum atomic E-state index is -0.291. The number of hydrogen-bond donors (Lipinski definition) is 2. The number of hydrogen-bond acceptors (Lipinski definition) is 3. The van der Waals surface area contributed by atoms with Crippen molar-refractivity contribution in [3.63, 3.8) is 0 Å². The van der Waals surface area contributed by atoms with Crippen LogP contribution in [-0.2, 0) is 4.79 Å². The second kappa shape index (κ2) is 6.05. The minimum Gasteiger partial charge on any atom is -0.351 e. The topological polar surface area (TPSA) is 78.1 Å². The van der Waals surface area contributed by atoms with Crippen molar-refractivity contribution in [1.29, 1.82) is 0 Å². The molecule has 2 N–H and O–H groups in total. The molecular formula is C19H18N4O2. The molecule has 0 spiro atoms. The highest BCUT2D eigenvalue weighted by Gasteiger charge is 2.39. The van der Waals surface area contributed by atoms with E-state index in [9.17, 15) is 9.59 Å². The number of aromatic nitrogens is 2. The molecule has 3 aromatic rings. The minimum absolute atomic E-state index is 0.01000. The van der Waals surface area contributed by atoms with Crippen LogP contribution in [0.3, 0.4) is 0 Å². The maximum atomic E-state index is 12.7. The average molecular weight is 334 g/mol. The SMILES string of the molecule is CN1C(=O)C[C@@H](NC(=O)c2cc3ccccc3[nH]2)[C@@H]1c1cccnc1. The second-order valence-electron chi connectivity index (χ2n) is 6.29. The van der Waals surface area contributed by atoms with Gasteiger partial charge in [0.25, 0.3) is 5.91 Å². The van der Waals surface area contributed by atoms with E-state index in [-0.39, 0.29) is 30.3 Å². The van der Waals surface area contributed by atoms with E-state index in [0.29, 0.717) is 5.69 Å². The van der Waals surface area contributed by atoms with Gasteiger partial charge in [-0.1, -0.05) is 24.3 Å². The molecule has 4 rings (SSSR count). The predicted octanol–water partition coefficient (Wildman–Crippen LogP) is 2.26. The zero-order valence-electron chi connectivity index (χ0n) is 13.8. The molecule has 1 saturated heterocycles. The number of H-pyrrole nitrogens is 1. The second-order valence-corrected chi connectivity index (χ2v) is 6.29. The van der Waals surface area contributed by atoms with Crippen molar-refractivity contribution in [3.8, 4) is 0 Å². The van der Waals surface area contributed by atoms with Gasteiger partial charge in [0.1, 0.15) is 5.69 Å². The highest BCUT2D eigenvalue weighted by Crippen LogP contribution is 2.31. The number of rotatable bonds is 3. The van der Waals surface area contributed by atoms with Crippen LogP contribution < -0.4 is 5.32 Å². The monoisotopic (exact) mass is 334 g/mol. The van der Waals surface area contributed by atoms with E-state index in [2.05, 4.69) is 15.3 Å². The molecule has 0 unspecified atom stereocenters. The van der Waals surface area contributed by atoms with E-state index in [1.807, 2.05) is 42.5 Å². The van der Waals surface area contributed by atoms with E-state index in [1.165, 1.54) is 0 Å². The Balaban J connectivity index is 1.59. The fourth-order valence-corrected chi connectivity index (χ4v) is 3.45. The maximum absolute atomic E-state index is 12.7. The van der Waals surface area contributed by atoms with Gasteiger partial charge in [0.05, 0.1) is 12.1 Å². The Morgan fingerprint density at radius 3 is 2.88 bits per heavy atom. The molecule has 3 heterocycles. The van der Waals surface area contributed by atoms with E-state index < -0.39 is 0 Å². The molecule has 1 fully saturated rings. The number of amides is 2. The summed E-state index contributed by atoms with van der Waals surface area (Å²) >= 11 is 0. The number of carbonyl (C=O) groups excluding carboxylic acids is 2. The lowest BCUT2D eigenvalue weighted by molar-refractivity contribution is -0.127. The van der Waals surface area contributed by atoms with Crippen molar-refractivity contribution >= 4 is 22.7 Å².